The van der Waals surface area contributed by atoms with E-state index in [0.717, 1.165) is 0 Å². The lowest BCUT2D eigenvalue weighted by molar-refractivity contribution is -0.132. The van der Waals surface area contributed by atoms with Crippen molar-refractivity contribution < 1.29 is 28.9 Å². The third-order valence-electron chi connectivity index (χ3n) is 5.88. The van der Waals surface area contributed by atoms with Gasteiger partial charge in [0.1, 0.15) is 23.0 Å². The highest BCUT2D eigenvalue weighted by Gasteiger charge is 2.47. The van der Waals surface area contributed by atoms with Gasteiger partial charge in [-0.1, -0.05) is 12.1 Å². The fourth-order valence-corrected chi connectivity index (χ4v) is 4.32. The first-order valence-electron chi connectivity index (χ1n) is 12.4. The lowest BCUT2D eigenvalue weighted by Crippen LogP contribution is -2.29. The minimum Gasteiger partial charge on any atom is -0.507 e. The van der Waals surface area contributed by atoms with E-state index in [-0.39, 0.29) is 17.4 Å². The number of carbonyl (C=O) groups excluding carboxylic acids is 2. The van der Waals surface area contributed by atoms with Crippen LogP contribution in [0.25, 0.3) is 5.76 Å². The van der Waals surface area contributed by atoms with E-state index in [1.807, 2.05) is 27.7 Å². The molecule has 0 bridgehead atoms. The second-order valence-electron chi connectivity index (χ2n) is 8.79. The van der Waals surface area contributed by atoms with Gasteiger partial charge in [-0.25, -0.2) is 0 Å². The Morgan fingerprint density at radius 2 is 1.32 bits per heavy atom. The molecule has 0 radical (unpaired) electrons. The molecule has 1 heterocycles. The van der Waals surface area contributed by atoms with Crippen molar-refractivity contribution in [3.8, 4) is 17.2 Å². The van der Waals surface area contributed by atoms with Crippen molar-refractivity contribution in [2.75, 3.05) is 18.1 Å². The maximum Gasteiger partial charge on any atom is 0.300 e. The highest BCUT2D eigenvalue weighted by molar-refractivity contribution is 6.51. The van der Waals surface area contributed by atoms with Gasteiger partial charge in [-0.05, 0) is 93.9 Å². The second kappa shape index (κ2) is 11.2. The van der Waals surface area contributed by atoms with E-state index in [1.165, 1.54) is 4.90 Å². The SMILES string of the molecule is CCOc1ccc(/C(O)=C2\C(=O)C(=O)N(c3ccc(OCC)cc3)C2c2ccc(OC(C)C)cc2)cc1. The zero-order chi connectivity index (χ0) is 26.5. The Balaban J connectivity index is 1.82. The number of anilines is 1. The molecule has 192 valence electrons. The van der Waals surface area contributed by atoms with Crippen LogP contribution >= 0.6 is 0 Å². The first-order chi connectivity index (χ1) is 17.8. The van der Waals surface area contributed by atoms with Gasteiger partial charge in [-0.15, -0.1) is 0 Å². The first kappa shape index (κ1) is 25.8. The summed E-state index contributed by atoms with van der Waals surface area (Å²) in [6, 6.07) is 20.1. The lowest BCUT2D eigenvalue weighted by Gasteiger charge is -2.26. The van der Waals surface area contributed by atoms with Crippen molar-refractivity contribution in [2.45, 2.75) is 39.8 Å². The molecule has 7 nitrogen and oxygen atoms in total. The number of hydrogen-bond acceptors (Lipinski definition) is 6. The van der Waals surface area contributed by atoms with Crippen LogP contribution in [0.15, 0.2) is 78.4 Å². The summed E-state index contributed by atoms with van der Waals surface area (Å²) in [4.78, 5) is 28.1. The van der Waals surface area contributed by atoms with E-state index in [2.05, 4.69) is 0 Å². The van der Waals surface area contributed by atoms with Crippen molar-refractivity contribution in [2.24, 2.45) is 0 Å². The summed E-state index contributed by atoms with van der Waals surface area (Å²) in [5.74, 6) is 0.248. The van der Waals surface area contributed by atoms with Gasteiger partial charge in [0.15, 0.2) is 0 Å². The molecule has 0 spiro atoms. The fraction of sp³-hybridized carbons (Fsp3) is 0.267. The molecule has 0 aliphatic carbocycles. The van der Waals surface area contributed by atoms with Crippen LogP contribution in [0.3, 0.4) is 0 Å². The highest BCUT2D eigenvalue weighted by Crippen LogP contribution is 2.43. The predicted octanol–water partition coefficient (Wildman–Crippen LogP) is 5.90. The minimum absolute atomic E-state index is 0.000000375. The van der Waals surface area contributed by atoms with Crippen LogP contribution in [0.2, 0.25) is 0 Å². The van der Waals surface area contributed by atoms with Gasteiger partial charge in [0.05, 0.1) is 30.9 Å². The molecule has 1 N–H and O–H groups in total. The minimum atomic E-state index is -0.836. The molecule has 0 aromatic heterocycles. The number of nitrogens with zero attached hydrogens (tertiary/aromatic N) is 1. The maximum absolute atomic E-state index is 13.4. The number of hydrogen-bond donors (Lipinski definition) is 1. The van der Waals surface area contributed by atoms with Gasteiger partial charge in [0, 0.05) is 11.3 Å². The number of rotatable bonds is 9. The average molecular weight is 502 g/mol. The molecule has 1 unspecified atom stereocenters. The number of aliphatic hydroxyl groups is 1. The third-order valence-corrected chi connectivity index (χ3v) is 5.88. The molecule has 1 aliphatic heterocycles. The van der Waals surface area contributed by atoms with Gasteiger partial charge in [-0.3, -0.25) is 14.5 Å². The van der Waals surface area contributed by atoms with E-state index in [4.69, 9.17) is 14.2 Å². The van der Waals surface area contributed by atoms with Crippen LogP contribution in [0, 0.1) is 0 Å². The average Bonchev–Trinajstić information content (AvgIpc) is 3.15. The van der Waals surface area contributed by atoms with Crippen LogP contribution in [0.5, 0.6) is 17.2 Å². The molecule has 7 heteroatoms. The molecule has 1 fully saturated rings. The van der Waals surface area contributed by atoms with E-state index in [1.54, 1.807) is 72.8 Å². The summed E-state index contributed by atoms with van der Waals surface area (Å²) in [7, 11) is 0. The summed E-state index contributed by atoms with van der Waals surface area (Å²) < 4.78 is 16.8. The number of ketones is 1. The zero-order valence-corrected chi connectivity index (χ0v) is 21.4. The van der Waals surface area contributed by atoms with Crippen LogP contribution in [-0.4, -0.2) is 36.1 Å². The molecule has 1 amide bonds. The number of amides is 1. The van der Waals surface area contributed by atoms with Crippen molar-refractivity contribution in [3.05, 3.63) is 89.5 Å². The van der Waals surface area contributed by atoms with Crippen LogP contribution in [-0.2, 0) is 9.59 Å². The molecule has 4 rings (SSSR count). The molecular weight excluding hydrogens is 470 g/mol. The van der Waals surface area contributed by atoms with Crippen molar-refractivity contribution >= 4 is 23.1 Å². The van der Waals surface area contributed by atoms with Crippen molar-refractivity contribution in [1.29, 1.82) is 0 Å². The molecule has 37 heavy (non-hydrogen) atoms. The smallest absolute Gasteiger partial charge is 0.300 e. The predicted molar refractivity (Wildman–Crippen MR) is 142 cm³/mol. The van der Waals surface area contributed by atoms with Crippen LogP contribution in [0.4, 0.5) is 5.69 Å². The van der Waals surface area contributed by atoms with Gasteiger partial charge < -0.3 is 19.3 Å². The van der Waals surface area contributed by atoms with Gasteiger partial charge in [0.2, 0.25) is 0 Å². The number of carbonyl (C=O) groups is 2. The van der Waals surface area contributed by atoms with Crippen LogP contribution < -0.4 is 19.1 Å². The van der Waals surface area contributed by atoms with Crippen molar-refractivity contribution in [1.82, 2.24) is 0 Å². The Kier molecular flexibility index (Phi) is 7.82. The van der Waals surface area contributed by atoms with E-state index in [9.17, 15) is 14.7 Å². The molecular formula is C30H31NO6. The quantitative estimate of drug-likeness (QED) is 0.223. The summed E-state index contributed by atoms with van der Waals surface area (Å²) in [6.07, 6.45) is -0.000000375. The fourth-order valence-electron chi connectivity index (χ4n) is 4.32. The molecule has 3 aromatic rings. The number of Topliss-reactive ketones (excluding diaryl/α,β-unsaturated/α-hetero) is 1. The molecule has 3 aromatic carbocycles. The second-order valence-corrected chi connectivity index (χ2v) is 8.79. The third kappa shape index (κ3) is 5.45. The first-order valence-corrected chi connectivity index (χ1v) is 12.4. The monoisotopic (exact) mass is 501 g/mol. The molecule has 0 saturated carbocycles. The zero-order valence-electron chi connectivity index (χ0n) is 21.4. The highest BCUT2D eigenvalue weighted by atomic mass is 16.5. The summed E-state index contributed by atoms with van der Waals surface area (Å²) in [5, 5.41) is 11.3. The van der Waals surface area contributed by atoms with E-state index >= 15 is 0 Å². The Labute approximate surface area is 216 Å². The number of aliphatic hydroxyl groups excluding tert-OH is 1. The van der Waals surface area contributed by atoms with Crippen LogP contribution in [0.1, 0.15) is 44.9 Å². The summed E-state index contributed by atoms with van der Waals surface area (Å²) >= 11 is 0. The number of benzene rings is 3. The largest absolute Gasteiger partial charge is 0.507 e. The van der Waals surface area contributed by atoms with Gasteiger partial charge in [0.25, 0.3) is 11.7 Å². The summed E-state index contributed by atoms with van der Waals surface area (Å²) in [6.45, 7) is 8.66. The van der Waals surface area contributed by atoms with E-state index in [0.29, 0.717) is 47.3 Å². The Bertz CT molecular complexity index is 1280. The lowest BCUT2D eigenvalue weighted by atomic mass is 9.95. The summed E-state index contributed by atoms with van der Waals surface area (Å²) in [5.41, 5.74) is 1.61. The van der Waals surface area contributed by atoms with E-state index < -0.39 is 17.7 Å². The standard InChI is InChI=1S/C30H31NO6/c1-5-35-23-13-9-21(10-14-23)28(32)26-27(20-7-15-25(16-8-20)37-19(3)4)31(30(34)29(26)33)22-11-17-24(18-12-22)36-6-2/h7-19,27,32H,5-6H2,1-4H3/b28-26+. The Morgan fingerprint density at radius 1 is 0.811 bits per heavy atom. The topological polar surface area (TPSA) is 85.3 Å². The van der Waals surface area contributed by atoms with Gasteiger partial charge in [-0.2, -0.15) is 0 Å². The van der Waals surface area contributed by atoms with Gasteiger partial charge >= 0.3 is 0 Å². The molecule has 1 aliphatic rings. The molecule has 1 saturated heterocycles. The van der Waals surface area contributed by atoms with Crippen molar-refractivity contribution in [3.63, 3.8) is 0 Å². The Morgan fingerprint density at radius 3 is 1.84 bits per heavy atom. The number of ether oxygens (including phenoxy) is 3. The maximum atomic E-state index is 13.4. The molecule has 1 atom stereocenters. The normalized spacial score (nSPS) is 16.8. The Hall–Kier alpha value is -4.26.